The summed E-state index contributed by atoms with van der Waals surface area (Å²) in [6, 6.07) is 5.20. The molecular weight excluding hydrogens is 238 g/mol. The second-order valence-electron chi connectivity index (χ2n) is 2.43. The third kappa shape index (κ3) is 2.46. The Morgan fingerprint density at radius 2 is 2.25 bits per heavy atom. The highest BCUT2D eigenvalue weighted by molar-refractivity contribution is 9.10. The minimum Gasteiger partial charge on any atom is -0.507 e. The fraction of sp³-hybridized carbons (Fsp3) is 0.125. The van der Waals surface area contributed by atoms with Crippen LogP contribution in [0.3, 0.4) is 0 Å². The number of phenolic OH excluding ortho intramolecular Hbond substituents is 1. The summed E-state index contributed by atoms with van der Waals surface area (Å²) in [5.41, 5.74) is 6.36. The van der Waals surface area contributed by atoms with E-state index in [1.165, 1.54) is 0 Å². The molecule has 0 unspecified atom stereocenters. The van der Waals surface area contributed by atoms with Crippen molar-refractivity contribution in [2.75, 3.05) is 0 Å². The third-order valence-electron chi connectivity index (χ3n) is 1.39. The maximum absolute atomic E-state index is 9.17. The SMILES string of the molecule is NC(=S)Cc1ccc(O)c(Br)c1. The molecule has 0 saturated heterocycles. The van der Waals surface area contributed by atoms with Gasteiger partial charge in [-0.2, -0.15) is 0 Å². The molecule has 0 saturated carbocycles. The van der Waals surface area contributed by atoms with Gasteiger partial charge in [-0.25, -0.2) is 0 Å². The van der Waals surface area contributed by atoms with Gasteiger partial charge in [0.25, 0.3) is 0 Å². The zero-order valence-corrected chi connectivity index (χ0v) is 8.65. The molecule has 0 heterocycles. The molecule has 0 aromatic heterocycles. The highest BCUT2D eigenvalue weighted by Gasteiger charge is 1.99. The number of rotatable bonds is 2. The van der Waals surface area contributed by atoms with Gasteiger partial charge in [0, 0.05) is 6.42 Å². The van der Waals surface area contributed by atoms with Crippen molar-refractivity contribution in [3.05, 3.63) is 28.2 Å². The number of thiocarbonyl (C=S) groups is 1. The number of benzene rings is 1. The monoisotopic (exact) mass is 245 g/mol. The Labute approximate surface area is 84.5 Å². The number of phenols is 1. The predicted octanol–water partition coefficient (Wildman–Crippen LogP) is 1.98. The molecule has 0 spiro atoms. The number of aromatic hydroxyl groups is 1. The van der Waals surface area contributed by atoms with Crippen LogP contribution in [0.5, 0.6) is 5.75 Å². The maximum Gasteiger partial charge on any atom is 0.129 e. The first kappa shape index (κ1) is 9.48. The Morgan fingerprint density at radius 3 is 2.75 bits per heavy atom. The Kier molecular flexibility index (Phi) is 3.05. The average Bonchev–Trinajstić information content (AvgIpc) is 1.96. The lowest BCUT2D eigenvalue weighted by Gasteiger charge is -2.01. The van der Waals surface area contributed by atoms with E-state index in [0.717, 1.165) is 5.56 Å². The van der Waals surface area contributed by atoms with Gasteiger partial charge in [-0.3, -0.25) is 0 Å². The van der Waals surface area contributed by atoms with Crippen LogP contribution in [0, 0.1) is 0 Å². The second-order valence-corrected chi connectivity index (χ2v) is 3.81. The van der Waals surface area contributed by atoms with Crippen molar-refractivity contribution in [1.29, 1.82) is 0 Å². The van der Waals surface area contributed by atoms with Gasteiger partial charge >= 0.3 is 0 Å². The highest BCUT2D eigenvalue weighted by atomic mass is 79.9. The van der Waals surface area contributed by atoms with Gasteiger partial charge in [-0.1, -0.05) is 18.3 Å². The molecule has 0 atom stereocenters. The minimum atomic E-state index is 0.224. The van der Waals surface area contributed by atoms with Gasteiger partial charge in [-0.15, -0.1) is 0 Å². The topological polar surface area (TPSA) is 46.2 Å². The van der Waals surface area contributed by atoms with Crippen molar-refractivity contribution in [2.24, 2.45) is 5.73 Å². The molecule has 1 aromatic rings. The van der Waals surface area contributed by atoms with Crippen molar-refractivity contribution >= 4 is 33.1 Å². The van der Waals surface area contributed by atoms with E-state index in [-0.39, 0.29) is 5.75 Å². The first-order valence-corrected chi connectivity index (χ1v) is 4.55. The van der Waals surface area contributed by atoms with E-state index >= 15 is 0 Å². The molecule has 1 aromatic carbocycles. The van der Waals surface area contributed by atoms with Gasteiger partial charge in [0.1, 0.15) is 5.75 Å². The summed E-state index contributed by atoms with van der Waals surface area (Å²) in [4.78, 5) is 0.451. The number of hydrogen-bond acceptors (Lipinski definition) is 2. The molecule has 0 amide bonds. The van der Waals surface area contributed by atoms with Gasteiger partial charge in [-0.05, 0) is 33.6 Å². The maximum atomic E-state index is 9.17. The van der Waals surface area contributed by atoms with Crippen molar-refractivity contribution in [1.82, 2.24) is 0 Å². The zero-order chi connectivity index (χ0) is 9.14. The molecule has 2 nitrogen and oxygen atoms in total. The van der Waals surface area contributed by atoms with E-state index < -0.39 is 0 Å². The first-order valence-electron chi connectivity index (χ1n) is 3.35. The minimum absolute atomic E-state index is 0.224. The molecule has 1 rings (SSSR count). The number of hydrogen-bond donors (Lipinski definition) is 2. The molecule has 3 N–H and O–H groups in total. The van der Waals surface area contributed by atoms with E-state index in [2.05, 4.69) is 15.9 Å². The summed E-state index contributed by atoms with van der Waals surface area (Å²) in [6.45, 7) is 0. The lowest BCUT2D eigenvalue weighted by molar-refractivity contribution is 0.471. The summed E-state index contributed by atoms with van der Waals surface area (Å²) in [6.07, 6.45) is 0.564. The van der Waals surface area contributed by atoms with Crippen LogP contribution in [0.15, 0.2) is 22.7 Å². The molecule has 0 aliphatic heterocycles. The Hall–Kier alpha value is -0.610. The van der Waals surface area contributed by atoms with Crippen molar-refractivity contribution < 1.29 is 5.11 Å². The Morgan fingerprint density at radius 1 is 1.58 bits per heavy atom. The van der Waals surface area contributed by atoms with E-state index in [4.69, 9.17) is 23.1 Å². The van der Waals surface area contributed by atoms with E-state index in [1.807, 2.05) is 0 Å². The van der Waals surface area contributed by atoms with Gasteiger partial charge in [0.05, 0.1) is 9.46 Å². The fourth-order valence-corrected chi connectivity index (χ4v) is 1.45. The smallest absolute Gasteiger partial charge is 0.129 e. The lowest BCUT2D eigenvalue weighted by Crippen LogP contribution is -2.10. The Balaban J connectivity index is 2.89. The van der Waals surface area contributed by atoms with Crippen LogP contribution >= 0.6 is 28.1 Å². The van der Waals surface area contributed by atoms with Crippen molar-refractivity contribution in [3.8, 4) is 5.75 Å². The van der Waals surface area contributed by atoms with Crippen LogP contribution in [0.4, 0.5) is 0 Å². The molecule has 64 valence electrons. The first-order chi connectivity index (χ1) is 5.59. The molecule has 0 aliphatic carbocycles. The van der Waals surface area contributed by atoms with Crippen molar-refractivity contribution in [2.45, 2.75) is 6.42 Å². The van der Waals surface area contributed by atoms with Crippen LogP contribution in [-0.4, -0.2) is 10.1 Å². The summed E-state index contributed by atoms with van der Waals surface area (Å²) in [7, 11) is 0. The van der Waals surface area contributed by atoms with Crippen LogP contribution < -0.4 is 5.73 Å². The average molecular weight is 246 g/mol. The van der Waals surface area contributed by atoms with E-state index in [9.17, 15) is 0 Å². The van der Waals surface area contributed by atoms with E-state index in [0.29, 0.717) is 15.9 Å². The molecule has 12 heavy (non-hydrogen) atoms. The number of halogens is 1. The molecule has 0 radical (unpaired) electrons. The largest absolute Gasteiger partial charge is 0.507 e. The van der Waals surface area contributed by atoms with Crippen LogP contribution in [-0.2, 0) is 6.42 Å². The van der Waals surface area contributed by atoms with Crippen LogP contribution in [0.25, 0.3) is 0 Å². The molecule has 0 fully saturated rings. The van der Waals surface area contributed by atoms with Gasteiger partial charge < -0.3 is 10.8 Å². The van der Waals surface area contributed by atoms with Gasteiger partial charge in [0.15, 0.2) is 0 Å². The van der Waals surface area contributed by atoms with Crippen molar-refractivity contribution in [3.63, 3.8) is 0 Å². The lowest BCUT2D eigenvalue weighted by atomic mass is 10.1. The molecule has 0 aliphatic rings. The normalized spacial score (nSPS) is 9.75. The van der Waals surface area contributed by atoms with Gasteiger partial charge in [0.2, 0.25) is 0 Å². The Bertz CT molecular complexity index is 314. The molecular formula is C8H8BrNOS. The summed E-state index contributed by atoms with van der Waals surface area (Å²) in [5, 5.41) is 9.17. The van der Waals surface area contributed by atoms with Crippen LogP contribution in [0.1, 0.15) is 5.56 Å². The van der Waals surface area contributed by atoms with E-state index in [1.54, 1.807) is 18.2 Å². The fourth-order valence-electron chi connectivity index (χ4n) is 0.862. The standard InChI is InChI=1S/C8H8BrNOS/c9-6-3-5(4-8(10)12)1-2-7(6)11/h1-3,11H,4H2,(H2,10,12). The number of nitrogens with two attached hydrogens (primary N) is 1. The highest BCUT2D eigenvalue weighted by Crippen LogP contribution is 2.24. The summed E-state index contributed by atoms with van der Waals surface area (Å²) >= 11 is 7.96. The quantitative estimate of drug-likeness (QED) is 0.784. The molecule has 4 heteroatoms. The predicted molar refractivity (Wildman–Crippen MR) is 56.3 cm³/mol. The second kappa shape index (κ2) is 3.87. The molecule has 0 bridgehead atoms. The summed E-state index contributed by atoms with van der Waals surface area (Å²) < 4.78 is 0.663. The summed E-state index contributed by atoms with van der Waals surface area (Å²) in [5.74, 6) is 0.224. The third-order valence-corrected chi connectivity index (χ3v) is 2.17. The zero-order valence-electron chi connectivity index (χ0n) is 6.25. The van der Waals surface area contributed by atoms with Crippen LogP contribution in [0.2, 0.25) is 0 Å².